The Balaban J connectivity index is 4.30. The predicted octanol–water partition coefficient (Wildman–Crippen LogP) is 1.11. The van der Waals surface area contributed by atoms with Crippen LogP contribution in [-0.2, 0) is 9.47 Å². The monoisotopic (exact) mass is 290 g/mol. The number of likely N-dealkylation sites (N-methyl/N-ethyl adjacent to an activating group) is 1. The number of nitrogens with one attached hydrogen (secondary N) is 1. The first-order valence-electron chi connectivity index (χ1n) is 7.60. The summed E-state index contributed by atoms with van der Waals surface area (Å²) >= 11 is 0. The minimum atomic E-state index is -0.141. The quantitative estimate of drug-likeness (QED) is 0.532. The molecule has 0 saturated heterocycles. The Hall–Kier alpha value is -0.200. The van der Waals surface area contributed by atoms with Crippen molar-refractivity contribution in [1.29, 1.82) is 0 Å². The summed E-state index contributed by atoms with van der Waals surface area (Å²) in [5, 5.41) is 12.8. The zero-order chi connectivity index (χ0) is 15.4. The van der Waals surface area contributed by atoms with Crippen LogP contribution in [0.1, 0.15) is 33.1 Å². The second-order valence-electron chi connectivity index (χ2n) is 5.48. The zero-order valence-electron chi connectivity index (χ0n) is 13.9. The second-order valence-corrected chi connectivity index (χ2v) is 5.48. The first-order valence-corrected chi connectivity index (χ1v) is 7.60. The summed E-state index contributed by atoms with van der Waals surface area (Å²) in [4.78, 5) is 2.39. The molecule has 5 heteroatoms. The molecule has 0 bridgehead atoms. The van der Waals surface area contributed by atoms with Gasteiger partial charge in [-0.3, -0.25) is 4.90 Å². The van der Waals surface area contributed by atoms with Gasteiger partial charge in [-0.25, -0.2) is 0 Å². The van der Waals surface area contributed by atoms with Gasteiger partial charge in [0.05, 0.1) is 19.8 Å². The summed E-state index contributed by atoms with van der Waals surface area (Å²) in [7, 11) is 5.39. The highest BCUT2D eigenvalue weighted by atomic mass is 16.5. The molecule has 122 valence electrons. The van der Waals surface area contributed by atoms with Crippen LogP contribution in [0.15, 0.2) is 0 Å². The first-order chi connectivity index (χ1) is 9.59. The van der Waals surface area contributed by atoms with Gasteiger partial charge in [-0.1, -0.05) is 6.92 Å². The molecule has 0 aliphatic carbocycles. The molecular weight excluding hydrogens is 256 g/mol. The Morgan fingerprint density at radius 3 is 2.40 bits per heavy atom. The molecule has 0 radical (unpaired) electrons. The molecule has 2 N–H and O–H groups in total. The summed E-state index contributed by atoms with van der Waals surface area (Å²) < 4.78 is 10.4. The minimum absolute atomic E-state index is 0.141. The van der Waals surface area contributed by atoms with Gasteiger partial charge in [-0.15, -0.1) is 0 Å². The van der Waals surface area contributed by atoms with Gasteiger partial charge in [0.2, 0.25) is 0 Å². The fourth-order valence-corrected chi connectivity index (χ4v) is 2.48. The molecule has 0 amide bonds. The van der Waals surface area contributed by atoms with Crippen LogP contribution >= 0.6 is 0 Å². The normalized spacial score (nSPS) is 16.4. The molecule has 2 unspecified atom stereocenters. The third kappa shape index (κ3) is 6.99. The molecule has 0 rings (SSSR count). The van der Waals surface area contributed by atoms with Crippen molar-refractivity contribution in [3.8, 4) is 0 Å². The molecule has 0 heterocycles. The molecule has 0 saturated carbocycles. The number of aliphatic hydroxyl groups excluding tert-OH is 1. The van der Waals surface area contributed by atoms with Gasteiger partial charge in [0.1, 0.15) is 0 Å². The van der Waals surface area contributed by atoms with Crippen molar-refractivity contribution in [2.24, 2.45) is 0 Å². The van der Waals surface area contributed by atoms with Crippen LogP contribution in [-0.4, -0.2) is 75.8 Å². The van der Waals surface area contributed by atoms with Gasteiger partial charge in [-0.2, -0.15) is 0 Å². The van der Waals surface area contributed by atoms with Crippen molar-refractivity contribution in [3.05, 3.63) is 0 Å². The van der Waals surface area contributed by atoms with Gasteiger partial charge < -0.3 is 19.9 Å². The highest BCUT2D eigenvalue weighted by molar-refractivity contribution is 4.85. The number of methoxy groups -OCH3 is 2. The molecular formula is C15H34N2O3. The molecule has 0 aliphatic heterocycles. The van der Waals surface area contributed by atoms with Crippen molar-refractivity contribution in [2.75, 3.05) is 54.2 Å². The fraction of sp³-hybridized carbons (Fsp3) is 1.00. The van der Waals surface area contributed by atoms with E-state index in [1.807, 2.05) is 7.05 Å². The van der Waals surface area contributed by atoms with E-state index >= 15 is 0 Å². The molecule has 0 aromatic heterocycles. The van der Waals surface area contributed by atoms with Crippen LogP contribution in [0.25, 0.3) is 0 Å². The number of nitrogens with zero attached hydrogens (tertiary/aromatic N) is 1. The van der Waals surface area contributed by atoms with Crippen LogP contribution in [0, 0.1) is 0 Å². The van der Waals surface area contributed by atoms with Gasteiger partial charge >= 0.3 is 0 Å². The van der Waals surface area contributed by atoms with Gasteiger partial charge in [0.25, 0.3) is 0 Å². The summed E-state index contributed by atoms with van der Waals surface area (Å²) in [5.74, 6) is 0. The number of hydrogen-bond donors (Lipinski definition) is 2. The average molecular weight is 290 g/mol. The zero-order valence-corrected chi connectivity index (χ0v) is 13.9. The average Bonchev–Trinajstić information content (AvgIpc) is 2.47. The van der Waals surface area contributed by atoms with Crippen molar-refractivity contribution in [3.63, 3.8) is 0 Å². The largest absolute Gasteiger partial charge is 0.394 e. The number of ether oxygens (including phenoxy) is 2. The second kappa shape index (κ2) is 11.5. The van der Waals surface area contributed by atoms with E-state index < -0.39 is 0 Å². The van der Waals surface area contributed by atoms with E-state index in [1.54, 1.807) is 14.2 Å². The molecule has 0 spiro atoms. The third-order valence-corrected chi connectivity index (χ3v) is 4.22. The van der Waals surface area contributed by atoms with Gasteiger partial charge in [0.15, 0.2) is 0 Å². The number of aliphatic hydroxyl groups is 1. The lowest BCUT2D eigenvalue weighted by Gasteiger charge is -2.33. The maximum Gasteiger partial charge on any atom is 0.0615 e. The SMILES string of the molecule is CCC(CO)(CCCN(CCOC)C(C)COC)NC. The summed E-state index contributed by atoms with van der Waals surface area (Å²) in [5.41, 5.74) is -0.141. The summed E-state index contributed by atoms with van der Waals surface area (Å²) in [6.07, 6.45) is 2.96. The standard InChI is InChI=1S/C15H34N2O3/c1-6-15(13-18,16-3)8-7-9-17(10-11-19-4)14(2)12-20-5/h14,16,18H,6-13H2,1-5H3. The Morgan fingerprint density at radius 2 is 1.95 bits per heavy atom. The van der Waals surface area contributed by atoms with Crippen molar-refractivity contribution < 1.29 is 14.6 Å². The maximum atomic E-state index is 9.56. The summed E-state index contributed by atoms with van der Waals surface area (Å²) in [6.45, 7) is 7.86. The summed E-state index contributed by atoms with van der Waals surface area (Å²) in [6, 6.07) is 0.384. The van der Waals surface area contributed by atoms with E-state index in [4.69, 9.17) is 9.47 Å². The van der Waals surface area contributed by atoms with Crippen LogP contribution < -0.4 is 5.32 Å². The van der Waals surface area contributed by atoms with E-state index in [9.17, 15) is 5.11 Å². The molecule has 0 aliphatic rings. The Morgan fingerprint density at radius 1 is 1.25 bits per heavy atom. The lowest BCUT2D eigenvalue weighted by atomic mass is 9.91. The Labute approximate surface area is 124 Å². The van der Waals surface area contributed by atoms with Crippen LogP contribution in [0.3, 0.4) is 0 Å². The predicted molar refractivity (Wildman–Crippen MR) is 83.2 cm³/mol. The number of rotatable bonds is 13. The molecule has 20 heavy (non-hydrogen) atoms. The van der Waals surface area contributed by atoms with E-state index in [2.05, 4.69) is 24.1 Å². The smallest absolute Gasteiger partial charge is 0.0615 e. The van der Waals surface area contributed by atoms with Crippen LogP contribution in [0.4, 0.5) is 0 Å². The molecule has 0 aromatic carbocycles. The van der Waals surface area contributed by atoms with E-state index in [0.29, 0.717) is 6.04 Å². The minimum Gasteiger partial charge on any atom is -0.394 e. The van der Waals surface area contributed by atoms with Crippen LogP contribution in [0.2, 0.25) is 0 Å². The lowest BCUT2D eigenvalue weighted by Crippen LogP contribution is -2.47. The highest BCUT2D eigenvalue weighted by Gasteiger charge is 2.25. The van der Waals surface area contributed by atoms with Crippen molar-refractivity contribution in [2.45, 2.75) is 44.7 Å². The molecule has 5 nitrogen and oxygen atoms in total. The maximum absolute atomic E-state index is 9.56. The highest BCUT2D eigenvalue weighted by Crippen LogP contribution is 2.17. The van der Waals surface area contributed by atoms with E-state index in [0.717, 1.165) is 45.6 Å². The molecule has 2 atom stereocenters. The topological polar surface area (TPSA) is 54.0 Å². The van der Waals surface area contributed by atoms with E-state index in [1.165, 1.54) is 0 Å². The first kappa shape index (κ1) is 19.8. The van der Waals surface area contributed by atoms with E-state index in [-0.39, 0.29) is 12.1 Å². The molecule has 0 aromatic rings. The lowest BCUT2D eigenvalue weighted by molar-refractivity contribution is 0.0700. The number of hydrogen-bond acceptors (Lipinski definition) is 5. The Bertz CT molecular complexity index is 215. The van der Waals surface area contributed by atoms with Crippen molar-refractivity contribution >= 4 is 0 Å². The van der Waals surface area contributed by atoms with Crippen molar-refractivity contribution in [1.82, 2.24) is 10.2 Å². The van der Waals surface area contributed by atoms with Gasteiger partial charge in [-0.05, 0) is 39.8 Å². The molecule has 0 fully saturated rings. The van der Waals surface area contributed by atoms with Crippen LogP contribution in [0.5, 0.6) is 0 Å². The fourth-order valence-electron chi connectivity index (χ4n) is 2.48. The third-order valence-electron chi connectivity index (χ3n) is 4.22. The van der Waals surface area contributed by atoms with Gasteiger partial charge in [0, 0.05) is 32.3 Å². The Kier molecular flexibility index (Phi) is 11.3.